The Kier molecular flexibility index (Phi) is 6.67. The van der Waals surface area contributed by atoms with Crippen LogP contribution >= 0.6 is 23.3 Å². The molecule has 12 heteroatoms. The highest BCUT2D eigenvalue weighted by Gasteiger charge is 2.25. The monoisotopic (exact) mass is 462 g/mol. The van der Waals surface area contributed by atoms with Crippen LogP contribution in [0.3, 0.4) is 0 Å². The number of pyridine rings is 1. The number of thioether (sulfide) groups is 1. The van der Waals surface area contributed by atoms with Crippen molar-refractivity contribution in [3.8, 4) is 5.75 Å². The molecule has 156 valence electrons. The number of fused-ring (bicyclic) bond motifs is 1. The molecule has 0 saturated heterocycles. The van der Waals surface area contributed by atoms with Crippen molar-refractivity contribution in [2.24, 2.45) is 10.2 Å². The molecular weight excluding hydrogens is 444 g/mol. The summed E-state index contributed by atoms with van der Waals surface area (Å²) < 4.78 is 31.1. The molecule has 2 aromatic heterocycles. The topological polar surface area (TPSA) is 112 Å². The highest BCUT2D eigenvalue weighted by molar-refractivity contribution is 7.98. The maximum Gasteiger partial charge on any atom is 0.246 e. The summed E-state index contributed by atoms with van der Waals surface area (Å²) in [7, 11) is -3.85. The second kappa shape index (κ2) is 9.05. The fraction of sp³-hybridized carbons (Fsp3) is 0.278. The zero-order valence-corrected chi connectivity index (χ0v) is 18.8. The number of phenols is 1. The van der Waals surface area contributed by atoms with E-state index in [4.69, 9.17) is 6.57 Å². The molecule has 30 heavy (non-hydrogen) atoms. The molecule has 0 aliphatic carbocycles. The number of phenolic OH excluding ortho intramolecular Hbond substituents is 1. The van der Waals surface area contributed by atoms with Gasteiger partial charge in [-0.1, -0.05) is 13.8 Å². The smallest absolute Gasteiger partial charge is 0.246 e. The summed E-state index contributed by atoms with van der Waals surface area (Å²) in [6.07, 6.45) is 3.44. The number of aromatic nitrogens is 2. The Balaban J connectivity index is 2.01. The summed E-state index contributed by atoms with van der Waals surface area (Å²) in [5, 5.41) is 20.0. The normalized spacial score (nSPS) is 12.1. The van der Waals surface area contributed by atoms with Crippen molar-refractivity contribution in [3.05, 3.63) is 35.8 Å². The molecule has 0 saturated carbocycles. The fourth-order valence-corrected chi connectivity index (χ4v) is 5.50. The third kappa shape index (κ3) is 4.01. The van der Waals surface area contributed by atoms with Crippen LogP contribution in [0.1, 0.15) is 13.8 Å². The lowest BCUT2D eigenvalue weighted by atomic mass is 10.3. The van der Waals surface area contributed by atoms with Gasteiger partial charge in [0.05, 0.1) is 17.8 Å². The molecule has 0 amide bonds. The van der Waals surface area contributed by atoms with E-state index in [0.29, 0.717) is 26.6 Å². The number of nitrogens with zero attached hydrogens (tertiary/aromatic N) is 6. The summed E-state index contributed by atoms with van der Waals surface area (Å²) in [6.45, 7) is 11.4. The van der Waals surface area contributed by atoms with Gasteiger partial charge in [-0.05, 0) is 36.0 Å². The van der Waals surface area contributed by atoms with Crippen LogP contribution in [0.4, 0.5) is 16.4 Å². The van der Waals surface area contributed by atoms with Gasteiger partial charge in [0.25, 0.3) is 0 Å². The number of hydrogen-bond donors (Lipinski definition) is 1. The molecule has 0 radical (unpaired) electrons. The number of sulfonamides is 1. The van der Waals surface area contributed by atoms with Crippen LogP contribution in [0.2, 0.25) is 0 Å². The average Bonchev–Trinajstić information content (AvgIpc) is 3.16. The largest absolute Gasteiger partial charge is 0.507 e. The van der Waals surface area contributed by atoms with Crippen LogP contribution in [0, 0.1) is 6.57 Å². The standard InChI is InChI=1S/C18H18N6O3S3/c1-5-24(6-2)30(26,27)14-9-11(7-8-13(14)25)21-22-17-12-10-20-18(28-4)16(19-3)15(12)23-29-17/h7-10,25H,5-6H2,1-2,4H3/b22-21+. The van der Waals surface area contributed by atoms with Crippen molar-refractivity contribution < 1.29 is 13.5 Å². The van der Waals surface area contributed by atoms with Crippen LogP contribution in [0.5, 0.6) is 5.75 Å². The number of hydrogen-bond acceptors (Lipinski definition) is 9. The first-order chi connectivity index (χ1) is 14.4. The van der Waals surface area contributed by atoms with Crippen molar-refractivity contribution in [1.82, 2.24) is 13.7 Å². The van der Waals surface area contributed by atoms with E-state index >= 15 is 0 Å². The second-order valence-corrected chi connectivity index (χ2v) is 9.37. The van der Waals surface area contributed by atoms with E-state index in [9.17, 15) is 13.5 Å². The molecule has 0 aliphatic rings. The predicted octanol–water partition coefficient (Wildman–Crippen LogP) is 5.12. The first-order valence-corrected chi connectivity index (χ1v) is 12.3. The predicted molar refractivity (Wildman–Crippen MR) is 118 cm³/mol. The summed E-state index contributed by atoms with van der Waals surface area (Å²) >= 11 is 2.44. The van der Waals surface area contributed by atoms with Crippen LogP contribution in [0.15, 0.2) is 44.5 Å². The lowest BCUT2D eigenvalue weighted by molar-refractivity contribution is 0.429. The van der Waals surface area contributed by atoms with E-state index < -0.39 is 10.0 Å². The summed E-state index contributed by atoms with van der Waals surface area (Å²) in [5.41, 5.74) is 1.15. The van der Waals surface area contributed by atoms with Crippen LogP contribution in [-0.4, -0.2) is 46.5 Å². The first-order valence-electron chi connectivity index (χ1n) is 8.82. The molecule has 1 aromatic carbocycles. The third-order valence-electron chi connectivity index (χ3n) is 4.27. The van der Waals surface area contributed by atoms with Crippen molar-refractivity contribution in [1.29, 1.82) is 0 Å². The Morgan fingerprint density at radius 1 is 1.30 bits per heavy atom. The SMILES string of the molecule is [C-]#[N+]c1c(SC)ncc2c(/N=N/c3ccc(O)c(S(=O)(=O)N(CC)CC)c3)snc12. The maximum atomic E-state index is 12.8. The Hall–Kier alpha value is -2.59. The molecule has 0 aliphatic heterocycles. The number of benzene rings is 1. The summed E-state index contributed by atoms with van der Waals surface area (Å²) in [6, 6.07) is 4.03. The van der Waals surface area contributed by atoms with E-state index in [1.54, 1.807) is 20.0 Å². The Labute approximate surface area is 182 Å². The number of rotatable bonds is 7. The van der Waals surface area contributed by atoms with Gasteiger partial charge >= 0.3 is 0 Å². The third-order valence-corrected chi connectivity index (χ3v) is 7.79. The van der Waals surface area contributed by atoms with Gasteiger partial charge in [0, 0.05) is 24.7 Å². The summed E-state index contributed by atoms with van der Waals surface area (Å²) in [4.78, 5) is 7.57. The van der Waals surface area contributed by atoms with Gasteiger partial charge in [-0.25, -0.2) is 17.6 Å². The van der Waals surface area contributed by atoms with Crippen LogP contribution < -0.4 is 0 Å². The molecule has 0 bridgehead atoms. The lowest BCUT2D eigenvalue weighted by Crippen LogP contribution is -2.30. The van der Waals surface area contributed by atoms with Crippen molar-refractivity contribution in [2.45, 2.75) is 23.8 Å². The second-order valence-electron chi connectivity index (χ2n) is 5.92. The van der Waals surface area contributed by atoms with E-state index in [0.717, 1.165) is 11.5 Å². The molecule has 0 spiro atoms. The molecule has 9 nitrogen and oxygen atoms in total. The van der Waals surface area contributed by atoms with Crippen molar-refractivity contribution >= 4 is 60.6 Å². The fourth-order valence-electron chi connectivity index (χ4n) is 2.76. The van der Waals surface area contributed by atoms with Gasteiger partial charge in [-0.3, -0.25) is 4.98 Å². The van der Waals surface area contributed by atoms with Gasteiger partial charge in [0.2, 0.25) is 15.7 Å². The minimum Gasteiger partial charge on any atom is -0.507 e. The Morgan fingerprint density at radius 3 is 2.67 bits per heavy atom. The van der Waals surface area contributed by atoms with Gasteiger partial charge in [0.15, 0.2) is 5.00 Å². The number of azo groups is 1. The highest BCUT2D eigenvalue weighted by Crippen LogP contribution is 2.40. The molecule has 1 N–H and O–H groups in total. The van der Waals surface area contributed by atoms with E-state index in [1.807, 2.05) is 6.26 Å². The molecule has 2 heterocycles. The van der Waals surface area contributed by atoms with Gasteiger partial charge in [0.1, 0.15) is 15.7 Å². The van der Waals surface area contributed by atoms with Crippen molar-refractivity contribution in [2.75, 3.05) is 19.3 Å². The molecule has 3 rings (SSSR count). The molecule has 3 aromatic rings. The van der Waals surface area contributed by atoms with Crippen LogP contribution in [0.25, 0.3) is 15.7 Å². The van der Waals surface area contributed by atoms with E-state index in [2.05, 4.69) is 24.4 Å². The summed E-state index contributed by atoms with van der Waals surface area (Å²) in [5.74, 6) is -0.348. The first kappa shape index (κ1) is 22.1. The quantitative estimate of drug-likeness (QED) is 0.296. The van der Waals surface area contributed by atoms with Crippen molar-refractivity contribution in [3.63, 3.8) is 0 Å². The minimum absolute atomic E-state index is 0.224. The molecule has 0 unspecified atom stereocenters. The minimum atomic E-state index is -3.85. The van der Waals surface area contributed by atoms with Crippen LogP contribution in [-0.2, 0) is 10.0 Å². The maximum absolute atomic E-state index is 12.8. The number of aromatic hydroxyl groups is 1. The zero-order valence-electron chi connectivity index (χ0n) is 16.4. The molecular formula is C18H18N6O3S3. The lowest BCUT2D eigenvalue weighted by Gasteiger charge is -2.19. The molecule has 0 atom stereocenters. The van der Waals surface area contributed by atoms with E-state index in [1.165, 1.54) is 34.3 Å². The van der Waals surface area contributed by atoms with Gasteiger partial charge < -0.3 is 5.11 Å². The zero-order chi connectivity index (χ0) is 21.9. The Bertz CT molecular complexity index is 1260. The van der Waals surface area contributed by atoms with Gasteiger partial charge in [-0.15, -0.1) is 22.0 Å². The average molecular weight is 463 g/mol. The Morgan fingerprint density at radius 2 is 2.03 bits per heavy atom. The van der Waals surface area contributed by atoms with E-state index in [-0.39, 0.29) is 29.4 Å². The van der Waals surface area contributed by atoms with Gasteiger partial charge in [-0.2, -0.15) is 4.31 Å². The molecule has 0 fully saturated rings. The highest BCUT2D eigenvalue weighted by atomic mass is 32.2.